The molecule has 0 saturated carbocycles. The first kappa shape index (κ1) is 12.4. The zero-order chi connectivity index (χ0) is 12.1. The lowest BCUT2D eigenvalue weighted by Crippen LogP contribution is -2.82. The molecule has 0 saturated heterocycles. The Bertz CT molecular complexity index is 365. The van der Waals surface area contributed by atoms with E-state index in [1.54, 1.807) is 7.11 Å². The van der Waals surface area contributed by atoms with Crippen molar-refractivity contribution in [3.63, 3.8) is 0 Å². The minimum absolute atomic E-state index is 0.339. The van der Waals surface area contributed by atoms with Crippen LogP contribution < -0.4 is 10.1 Å². The number of hydrogen-bond acceptors (Lipinski definition) is 2. The summed E-state index contributed by atoms with van der Waals surface area (Å²) < 4.78 is 10.7. The van der Waals surface area contributed by atoms with E-state index in [1.165, 1.54) is 11.1 Å². The Morgan fingerprint density at radius 3 is 3.18 bits per heavy atom. The molecule has 1 aliphatic rings. The van der Waals surface area contributed by atoms with Crippen LogP contribution in [0.2, 0.25) is 0 Å². The van der Waals surface area contributed by atoms with Gasteiger partial charge in [-0.15, -0.1) is 0 Å². The molecule has 94 valence electrons. The molecule has 1 aromatic carbocycles. The Labute approximate surface area is 103 Å². The summed E-state index contributed by atoms with van der Waals surface area (Å²) in [7, 11) is 1.75. The van der Waals surface area contributed by atoms with Crippen LogP contribution in [0.3, 0.4) is 0 Å². The highest BCUT2D eigenvalue weighted by atomic mass is 16.5. The zero-order valence-corrected chi connectivity index (χ0v) is 10.7. The minimum Gasteiger partial charge on any atom is -0.490 e. The Hall–Kier alpha value is -1.06. The third-order valence-corrected chi connectivity index (χ3v) is 3.10. The van der Waals surface area contributed by atoms with Crippen LogP contribution in [0, 0.1) is 0 Å². The normalized spacial score (nSPS) is 17.9. The van der Waals surface area contributed by atoms with Crippen LogP contribution in [-0.4, -0.2) is 26.4 Å². The fourth-order valence-electron chi connectivity index (χ4n) is 2.24. The average molecular weight is 236 g/mol. The first-order valence-corrected chi connectivity index (χ1v) is 6.38. The van der Waals surface area contributed by atoms with Gasteiger partial charge in [-0.3, -0.25) is 0 Å². The summed E-state index contributed by atoms with van der Waals surface area (Å²) in [6.07, 6.45) is 2.50. The monoisotopic (exact) mass is 236 g/mol. The average Bonchev–Trinajstić information content (AvgIpc) is 2.68. The van der Waals surface area contributed by atoms with E-state index in [0.717, 1.165) is 38.3 Å². The lowest BCUT2D eigenvalue weighted by molar-refractivity contribution is -0.671. The van der Waals surface area contributed by atoms with Gasteiger partial charge in [-0.2, -0.15) is 0 Å². The first-order chi connectivity index (χ1) is 8.29. The van der Waals surface area contributed by atoms with Gasteiger partial charge < -0.3 is 14.8 Å². The van der Waals surface area contributed by atoms with E-state index >= 15 is 0 Å². The van der Waals surface area contributed by atoms with Crippen molar-refractivity contribution in [3.05, 3.63) is 29.3 Å². The van der Waals surface area contributed by atoms with Gasteiger partial charge in [0.2, 0.25) is 0 Å². The van der Waals surface area contributed by atoms with Crippen LogP contribution in [0.5, 0.6) is 5.75 Å². The number of fused-ring (bicyclic) bond motifs is 1. The van der Waals surface area contributed by atoms with Crippen molar-refractivity contribution in [1.29, 1.82) is 0 Å². The van der Waals surface area contributed by atoms with Gasteiger partial charge in [0.25, 0.3) is 0 Å². The van der Waals surface area contributed by atoms with Crippen LogP contribution >= 0.6 is 0 Å². The summed E-state index contributed by atoms with van der Waals surface area (Å²) in [5, 5.41) is 2.33. The molecule has 1 aliphatic heterocycles. The quantitative estimate of drug-likeness (QED) is 0.751. The van der Waals surface area contributed by atoms with Gasteiger partial charge in [0.15, 0.2) is 0 Å². The maximum absolute atomic E-state index is 5.69. The van der Waals surface area contributed by atoms with Crippen LogP contribution in [0.25, 0.3) is 0 Å². The fraction of sp³-hybridized carbons (Fsp3) is 0.571. The van der Waals surface area contributed by atoms with Crippen molar-refractivity contribution in [2.45, 2.75) is 32.4 Å². The van der Waals surface area contributed by atoms with Gasteiger partial charge >= 0.3 is 0 Å². The van der Waals surface area contributed by atoms with E-state index in [9.17, 15) is 0 Å². The van der Waals surface area contributed by atoms with Crippen LogP contribution in [0.15, 0.2) is 18.2 Å². The predicted molar refractivity (Wildman–Crippen MR) is 67.2 cm³/mol. The minimum atomic E-state index is 0.339. The maximum Gasteiger partial charge on any atom is 0.123 e. The van der Waals surface area contributed by atoms with E-state index in [2.05, 4.69) is 30.4 Å². The molecule has 0 fully saturated rings. The molecule has 1 aromatic rings. The molecule has 2 rings (SSSR count). The maximum atomic E-state index is 5.69. The van der Waals surface area contributed by atoms with E-state index in [1.807, 2.05) is 0 Å². The van der Waals surface area contributed by atoms with Gasteiger partial charge in [0.05, 0.1) is 13.2 Å². The van der Waals surface area contributed by atoms with E-state index < -0.39 is 0 Å². The summed E-state index contributed by atoms with van der Waals surface area (Å²) in [5.41, 5.74) is 2.75. The number of ether oxygens (including phenoxy) is 2. The summed E-state index contributed by atoms with van der Waals surface area (Å²) in [6, 6.07) is 6.56. The Balaban J connectivity index is 1.80. The fourth-order valence-corrected chi connectivity index (χ4v) is 2.24. The lowest BCUT2D eigenvalue weighted by Gasteiger charge is -2.04. The number of nitrogens with two attached hydrogens (primary N) is 1. The number of hydrogen-bond donors (Lipinski definition) is 1. The topological polar surface area (TPSA) is 35.1 Å². The number of rotatable bonds is 6. The molecule has 0 bridgehead atoms. The molecule has 1 heterocycles. The van der Waals surface area contributed by atoms with Crippen molar-refractivity contribution >= 4 is 0 Å². The molecule has 3 heteroatoms. The lowest BCUT2D eigenvalue weighted by atomic mass is 10.1. The van der Waals surface area contributed by atoms with Gasteiger partial charge in [-0.25, -0.2) is 0 Å². The highest BCUT2D eigenvalue weighted by Crippen LogP contribution is 2.28. The number of quaternary nitrogens is 1. The highest BCUT2D eigenvalue weighted by molar-refractivity contribution is 5.40. The van der Waals surface area contributed by atoms with Gasteiger partial charge in [-0.1, -0.05) is 0 Å². The third-order valence-electron chi connectivity index (χ3n) is 3.10. The number of benzene rings is 1. The van der Waals surface area contributed by atoms with Gasteiger partial charge in [0, 0.05) is 25.5 Å². The molecule has 0 unspecified atom stereocenters. The van der Waals surface area contributed by atoms with E-state index in [4.69, 9.17) is 9.47 Å². The van der Waals surface area contributed by atoms with Crippen LogP contribution in [0.1, 0.15) is 24.5 Å². The Morgan fingerprint density at radius 1 is 1.47 bits per heavy atom. The number of methoxy groups -OCH3 is 1. The molecule has 0 amide bonds. The van der Waals surface area contributed by atoms with E-state index in [-0.39, 0.29) is 0 Å². The molecule has 0 radical (unpaired) electrons. The molecular weight excluding hydrogens is 214 g/mol. The van der Waals surface area contributed by atoms with Crippen molar-refractivity contribution in [2.24, 2.45) is 0 Å². The third kappa shape index (κ3) is 3.45. The van der Waals surface area contributed by atoms with Crippen molar-refractivity contribution in [3.8, 4) is 5.75 Å². The summed E-state index contributed by atoms with van der Waals surface area (Å²) in [6.45, 7) is 5.14. The Morgan fingerprint density at radius 2 is 2.35 bits per heavy atom. The SMILES string of the molecule is COCCC[NH2+]Cc1ccc2c(c1)C[C@H](C)O2. The molecule has 0 spiro atoms. The second-order valence-corrected chi connectivity index (χ2v) is 4.70. The molecule has 1 atom stereocenters. The second kappa shape index (κ2) is 6.03. The first-order valence-electron chi connectivity index (χ1n) is 6.38. The van der Waals surface area contributed by atoms with Crippen molar-refractivity contribution in [1.82, 2.24) is 0 Å². The molecule has 0 aliphatic carbocycles. The largest absolute Gasteiger partial charge is 0.490 e. The predicted octanol–water partition coefficient (Wildman–Crippen LogP) is 1.11. The van der Waals surface area contributed by atoms with Crippen LogP contribution in [-0.2, 0) is 17.7 Å². The summed E-state index contributed by atoms with van der Waals surface area (Å²) >= 11 is 0. The Kier molecular flexibility index (Phi) is 4.40. The molecule has 3 nitrogen and oxygen atoms in total. The molecule has 0 aromatic heterocycles. The summed E-state index contributed by atoms with van der Waals surface area (Å²) in [4.78, 5) is 0. The van der Waals surface area contributed by atoms with Gasteiger partial charge in [0.1, 0.15) is 18.4 Å². The smallest absolute Gasteiger partial charge is 0.123 e. The second-order valence-electron chi connectivity index (χ2n) is 4.70. The standard InChI is InChI=1S/C14H21NO2/c1-11-8-13-9-12(4-5-14(13)17-11)10-15-6-3-7-16-2/h4-5,9,11,15H,3,6-8,10H2,1-2H3/p+1/t11-/m0/s1. The molecule has 2 N–H and O–H groups in total. The van der Waals surface area contributed by atoms with Crippen LogP contribution in [0.4, 0.5) is 0 Å². The van der Waals surface area contributed by atoms with E-state index in [0.29, 0.717) is 6.10 Å². The zero-order valence-electron chi connectivity index (χ0n) is 10.7. The summed E-state index contributed by atoms with van der Waals surface area (Å²) in [5.74, 6) is 1.07. The van der Waals surface area contributed by atoms with Crippen molar-refractivity contribution < 1.29 is 14.8 Å². The molecular formula is C14H22NO2+. The highest BCUT2D eigenvalue weighted by Gasteiger charge is 2.18. The van der Waals surface area contributed by atoms with Crippen molar-refractivity contribution in [2.75, 3.05) is 20.3 Å². The molecule has 17 heavy (non-hydrogen) atoms. The van der Waals surface area contributed by atoms with Gasteiger partial charge in [-0.05, 0) is 30.7 Å².